The number of hydrogen-bond acceptors (Lipinski definition) is 4. The zero-order valence-electron chi connectivity index (χ0n) is 11.3. The van der Waals surface area contributed by atoms with E-state index in [0.29, 0.717) is 19.6 Å². The SMILES string of the molecule is CCN(CCO)CC(=O)N(C)Cc1cnn(C)c1. The summed E-state index contributed by atoms with van der Waals surface area (Å²) in [5.41, 5.74) is 1.01. The van der Waals surface area contributed by atoms with Crippen molar-refractivity contribution in [3.05, 3.63) is 18.0 Å². The summed E-state index contributed by atoms with van der Waals surface area (Å²) in [5.74, 6) is 0.0501. The Hall–Kier alpha value is -1.40. The minimum Gasteiger partial charge on any atom is -0.395 e. The average molecular weight is 254 g/mol. The largest absolute Gasteiger partial charge is 0.395 e. The van der Waals surface area contributed by atoms with Crippen LogP contribution in [-0.2, 0) is 18.4 Å². The molecule has 0 aromatic carbocycles. The molecule has 1 amide bonds. The van der Waals surface area contributed by atoms with E-state index in [-0.39, 0.29) is 12.5 Å². The molecule has 1 N–H and O–H groups in total. The number of carbonyl (C=O) groups excluding carboxylic acids is 1. The molecule has 0 fully saturated rings. The molecule has 0 saturated heterocycles. The monoisotopic (exact) mass is 254 g/mol. The quantitative estimate of drug-likeness (QED) is 0.725. The molecule has 0 aliphatic heterocycles. The second kappa shape index (κ2) is 7.13. The van der Waals surface area contributed by atoms with E-state index in [1.54, 1.807) is 22.8 Å². The Labute approximate surface area is 108 Å². The van der Waals surface area contributed by atoms with Crippen molar-refractivity contribution in [1.29, 1.82) is 0 Å². The van der Waals surface area contributed by atoms with Crippen molar-refractivity contribution >= 4 is 5.91 Å². The van der Waals surface area contributed by atoms with E-state index in [2.05, 4.69) is 5.10 Å². The van der Waals surface area contributed by atoms with E-state index in [1.807, 2.05) is 25.1 Å². The van der Waals surface area contributed by atoms with Gasteiger partial charge in [0.2, 0.25) is 5.91 Å². The highest BCUT2D eigenvalue weighted by atomic mass is 16.3. The highest BCUT2D eigenvalue weighted by Crippen LogP contribution is 2.02. The van der Waals surface area contributed by atoms with Crippen LogP contribution in [-0.4, -0.2) is 63.9 Å². The molecule has 0 aliphatic carbocycles. The number of rotatable bonds is 7. The van der Waals surface area contributed by atoms with Crippen molar-refractivity contribution in [2.75, 3.05) is 33.3 Å². The number of aliphatic hydroxyl groups excluding tert-OH is 1. The first-order chi connectivity index (χ1) is 8.56. The molecular weight excluding hydrogens is 232 g/mol. The summed E-state index contributed by atoms with van der Waals surface area (Å²) in [5, 5.41) is 13.0. The first-order valence-electron chi connectivity index (χ1n) is 6.11. The molecule has 0 radical (unpaired) electrons. The summed E-state index contributed by atoms with van der Waals surface area (Å²) in [6.45, 7) is 4.24. The van der Waals surface area contributed by atoms with Crippen molar-refractivity contribution in [3.8, 4) is 0 Å². The maximum absolute atomic E-state index is 12.0. The molecule has 6 heteroatoms. The van der Waals surface area contributed by atoms with Crippen LogP contribution in [0.5, 0.6) is 0 Å². The third-order valence-corrected chi connectivity index (χ3v) is 2.83. The van der Waals surface area contributed by atoms with Crippen molar-refractivity contribution in [1.82, 2.24) is 19.6 Å². The van der Waals surface area contributed by atoms with Gasteiger partial charge in [-0.1, -0.05) is 6.92 Å². The van der Waals surface area contributed by atoms with Crippen LogP contribution in [0.4, 0.5) is 0 Å². The van der Waals surface area contributed by atoms with Crippen LogP contribution < -0.4 is 0 Å². The Morgan fingerprint density at radius 2 is 2.28 bits per heavy atom. The van der Waals surface area contributed by atoms with Crippen LogP contribution in [0.25, 0.3) is 0 Å². The van der Waals surface area contributed by atoms with Crippen molar-refractivity contribution in [3.63, 3.8) is 0 Å². The molecular formula is C12H22N4O2. The van der Waals surface area contributed by atoms with Gasteiger partial charge in [0.25, 0.3) is 0 Å². The fourth-order valence-corrected chi connectivity index (χ4v) is 1.72. The van der Waals surface area contributed by atoms with E-state index in [4.69, 9.17) is 5.11 Å². The summed E-state index contributed by atoms with van der Waals surface area (Å²) in [7, 11) is 3.63. The first-order valence-corrected chi connectivity index (χ1v) is 6.11. The summed E-state index contributed by atoms with van der Waals surface area (Å²) in [6.07, 6.45) is 3.66. The number of hydrogen-bond donors (Lipinski definition) is 1. The highest BCUT2D eigenvalue weighted by molar-refractivity contribution is 5.77. The zero-order chi connectivity index (χ0) is 13.5. The molecule has 6 nitrogen and oxygen atoms in total. The van der Waals surface area contributed by atoms with Gasteiger partial charge < -0.3 is 10.0 Å². The number of nitrogens with zero attached hydrogens (tertiary/aromatic N) is 4. The van der Waals surface area contributed by atoms with Crippen molar-refractivity contribution < 1.29 is 9.90 Å². The predicted octanol–water partition coefficient (Wildman–Crippen LogP) is -0.307. The molecule has 0 bridgehead atoms. The van der Waals surface area contributed by atoms with Crippen LogP contribution in [0.1, 0.15) is 12.5 Å². The summed E-state index contributed by atoms with van der Waals surface area (Å²) in [4.78, 5) is 15.6. The Kier molecular flexibility index (Phi) is 5.80. The smallest absolute Gasteiger partial charge is 0.236 e. The molecule has 1 rings (SSSR count). The molecule has 102 valence electrons. The van der Waals surface area contributed by atoms with Gasteiger partial charge in [-0.05, 0) is 6.54 Å². The topological polar surface area (TPSA) is 61.6 Å². The normalized spacial score (nSPS) is 10.9. The first kappa shape index (κ1) is 14.7. The number of likely N-dealkylation sites (N-methyl/N-ethyl adjacent to an activating group) is 2. The van der Waals surface area contributed by atoms with Gasteiger partial charge in [0, 0.05) is 38.9 Å². The molecule has 0 aliphatic rings. The van der Waals surface area contributed by atoms with Crippen molar-refractivity contribution in [2.45, 2.75) is 13.5 Å². The Morgan fingerprint density at radius 1 is 1.56 bits per heavy atom. The van der Waals surface area contributed by atoms with Crippen LogP contribution in [0.3, 0.4) is 0 Å². The fraction of sp³-hybridized carbons (Fsp3) is 0.667. The van der Waals surface area contributed by atoms with Gasteiger partial charge in [-0.15, -0.1) is 0 Å². The maximum Gasteiger partial charge on any atom is 0.236 e. The Balaban J connectivity index is 2.45. The van der Waals surface area contributed by atoms with Gasteiger partial charge in [-0.3, -0.25) is 14.4 Å². The minimum absolute atomic E-state index is 0.0501. The lowest BCUT2D eigenvalue weighted by molar-refractivity contribution is -0.131. The number of amides is 1. The van der Waals surface area contributed by atoms with Crippen LogP contribution in [0.15, 0.2) is 12.4 Å². The summed E-state index contributed by atoms with van der Waals surface area (Å²) >= 11 is 0. The average Bonchev–Trinajstić information content (AvgIpc) is 2.73. The highest BCUT2D eigenvalue weighted by Gasteiger charge is 2.13. The van der Waals surface area contributed by atoms with E-state index in [9.17, 15) is 4.79 Å². The van der Waals surface area contributed by atoms with E-state index >= 15 is 0 Å². The lowest BCUT2D eigenvalue weighted by Crippen LogP contribution is -2.39. The Morgan fingerprint density at radius 3 is 2.78 bits per heavy atom. The van der Waals surface area contributed by atoms with E-state index in [1.165, 1.54) is 0 Å². The van der Waals surface area contributed by atoms with Gasteiger partial charge in [0.1, 0.15) is 0 Å². The van der Waals surface area contributed by atoms with E-state index in [0.717, 1.165) is 12.1 Å². The molecule has 0 spiro atoms. The van der Waals surface area contributed by atoms with Gasteiger partial charge in [-0.25, -0.2) is 0 Å². The standard InChI is InChI=1S/C12H22N4O2/c1-4-16(5-6-17)10-12(18)14(2)8-11-7-13-15(3)9-11/h7,9,17H,4-6,8,10H2,1-3H3. The maximum atomic E-state index is 12.0. The summed E-state index contributed by atoms with van der Waals surface area (Å²) in [6, 6.07) is 0. The van der Waals surface area contributed by atoms with Crippen LogP contribution >= 0.6 is 0 Å². The number of aromatic nitrogens is 2. The van der Waals surface area contributed by atoms with E-state index < -0.39 is 0 Å². The lowest BCUT2D eigenvalue weighted by atomic mass is 10.3. The second-order valence-electron chi connectivity index (χ2n) is 4.36. The molecule has 0 atom stereocenters. The van der Waals surface area contributed by atoms with Gasteiger partial charge in [0.15, 0.2) is 0 Å². The lowest BCUT2D eigenvalue weighted by Gasteiger charge is -2.22. The number of carbonyl (C=O) groups is 1. The molecule has 1 aromatic heterocycles. The predicted molar refractivity (Wildman–Crippen MR) is 68.9 cm³/mol. The molecule has 1 heterocycles. The molecule has 18 heavy (non-hydrogen) atoms. The fourth-order valence-electron chi connectivity index (χ4n) is 1.72. The minimum atomic E-state index is 0.0501. The zero-order valence-corrected chi connectivity index (χ0v) is 11.3. The molecule has 1 aromatic rings. The number of aliphatic hydroxyl groups is 1. The van der Waals surface area contributed by atoms with Crippen LogP contribution in [0.2, 0.25) is 0 Å². The van der Waals surface area contributed by atoms with Gasteiger partial charge >= 0.3 is 0 Å². The Bertz CT molecular complexity index is 378. The second-order valence-corrected chi connectivity index (χ2v) is 4.36. The van der Waals surface area contributed by atoms with Crippen molar-refractivity contribution in [2.24, 2.45) is 7.05 Å². The van der Waals surface area contributed by atoms with Crippen LogP contribution in [0, 0.1) is 0 Å². The number of aryl methyl sites for hydroxylation is 1. The third-order valence-electron chi connectivity index (χ3n) is 2.83. The van der Waals surface area contributed by atoms with Gasteiger partial charge in [0.05, 0.1) is 19.3 Å². The third kappa shape index (κ3) is 4.46. The summed E-state index contributed by atoms with van der Waals surface area (Å²) < 4.78 is 1.72. The molecule has 0 saturated carbocycles. The molecule has 0 unspecified atom stereocenters. The van der Waals surface area contributed by atoms with Gasteiger partial charge in [-0.2, -0.15) is 5.10 Å².